The number of benzene rings is 2. The number of methoxy groups -OCH3 is 1. The summed E-state index contributed by atoms with van der Waals surface area (Å²) in [7, 11) is 1.45. The zero-order valence-electron chi connectivity index (χ0n) is 14.4. The zero-order chi connectivity index (χ0) is 19.8. The lowest BCUT2D eigenvalue weighted by atomic mass is 10.2. The summed E-state index contributed by atoms with van der Waals surface area (Å²) in [6, 6.07) is 9.29. The molecule has 2 aromatic carbocycles. The number of nitrogens with one attached hydrogen (secondary N) is 1. The Morgan fingerprint density at radius 3 is 2.70 bits per heavy atom. The van der Waals surface area contributed by atoms with Crippen molar-refractivity contribution in [1.29, 1.82) is 0 Å². The van der Waals surface area contributed by atoms with Crippen LogP contribution in [-0.2, 0) is 16.2 Å². The highest BCUT2D eigenvalue weighted by atomic mass is 35.5. The van der Waals surface area contributed by atoms with E-state index in [4.69, 9.17) is 26.2 Å². The Morgan fingerprint density at radius 1 is 1.26 bits per heavy atom. The molecule has 0 fully saturated rings. The minimum absolute atomic E-state index is 0.0748. The first-order valence-corrected chi connectivity index (χ1v) is 8.20. The van der Waals surface area contributed by atoms with Crippen molar-refractivity contribution in [1.82, 2.24) is 5.32 Å². The predicted octanol–water partition coefficient (Wildman–Crippen LogP) is 3.28. The molecule has 1 amide bonds. The van der Waals surface area contributed by atoms with Crippen molar-refractivity contribution in [3.63, 3.8) is 0 Å². The van der Waals surface area contributed by atoms with Gasteiger partial charge in [-0.25, -0.2) is 4.39 Å². The van der Waals surface area contributed by atoms with Crippen molar-refractivity contribution >= 4 is 29.6 Å². The topological polar surface area (TPSA) is 84.9 Å². The number of amides is 1. The average Bonchev–Trinajstić information content (AvgIpc) is 2.64. The lowest BCUT2D eigenvalue weighted by Crippen LogP contribution is -2.27. The molecular weight excluding hydrogens is 377 g/mol. The number of ether oxygens (including phenoxy) is 2. The van der Waals surface area contributed by atoms with E-state index in [0.29, 0.717) is 17.1 Å². The molecule has 27 heavy (non-hydrogen) atoms. The van der Waals surface area contributed by atoms with E-state index in [-0.39, 0.29) is 17.2 Å². The van der Waals surface area contributed by atoms with Crippen LogP contribution in [0.3, 0.4) is 0 Å². The fourth-order valence-electron chi connectivity index (χ4n) is 2.12. The maximum atomic E-state index is 13.8. The van der Waals surface area contributed by atoms with E-state index in [9.17, 15) is 14.0 Å². The third-order valence-electron chi connectivity index (χ3n) is 3.46. The van der Waals surface area contributed by atoms with E-state index in [2.05, 4.69) is 5.32 Å². The van der Waals surface area contributed by atoms with E-state index in [0.717, 1.165) is 0 Å². The number of hydrogen-bond donors (Lipinski definition) is 2. The molecule has 6 nitrogen and oxygen atoms in total. The third kappa shape index (κ3) is 6.00. The molecule has 142 valence electrons. The van der Waals surface area contributed by atoms with Crippen LogP contribution in [-0.4, -0.2) is 30.6 Å². The predicted molar refractivity (Wildman–Crippen MR) is 98.4 cm³/mol. The quantitative estimate of drug-likeness (QED) is 0.672. The average molecular weight is 394 g/mol. The largest absolute Gasteiger partial charge is 0.493 e. The van der Waals surface area contributed by atoms with E-state index in [1.165, 1.54) is 31.4 Å². The monoisotopic (exact) mass is 393 g/mol. The summed E-state index contributed by atoms with van der Waals surface area (Å²) >= 11 is 5.98. The zero-order valence-corrected chi connectivity index (χ0v) is 15.1. The van der Waals surface area contributed by atoms with Crippen molar-refractivity contribution in [3.8, 4) is 11.5 Å². The second-order valence-corrected chi connectivity index (χ2v) is 5.75. The van der Waals surface area contributed by atoms with Crippen molar-refractivity contribution in [2.45, 2.75) is 6.61 Å². The molecule has 0 heterocycles. The summed E-state index contributed by atoms with van der Waals surface area (Å²) in [6.45, 7) is -0.535. The second-order valence-electron chi connectivity index (χ2n) is 5.34. The van der Waals surface area contributed by atoms with Gasteiger partial charge in [0.1, 0.15) is 19.0 Å². The summed E-state index contributed by atoms with van der Waals surface area (Å²) in [6.07, 6.45) is 2.70. The highest BCUT2D eigenvalue weighted by Crippen LogP contribution is 2.30. The lowest BCUT2D eigenvalue weighted by molar-refractivity contribution is -0.137. The maximum absolute atomic E-state index is 13.8. The molecule has 0 spiro atoms. The summed E-state index contributed by atoms with van der Waals surface area (Å²) in [5, 5.41) is 11.0. The van der Waals surface area contributed by atoms with E-state index >= 15 is 0 Å². The molecule has 0 unspecified atom stereocenters. The van der Waals surface area contributed by atoms with Gasteiger partial charge in [-0.3, -0.25) is 9.59 Å². The lowest BCUT2D eigenvalue weighted by Gasteiger charge is -2.12. The molecule has 0 atom stereocenters. The highest BCUT2D eigenvalue weighted by Gasteiger charge is 2.10. The van der Waals surface area contributed by atoms with Gasteiger partial charge < -0.3 is 19.9 Å². The van der Waals surface area contributed by atoms with Crippen LogP contribution in [0.1, 0.15) is 11.1 Å². The second kappa shape index (κ2) is 9.59. The number of carboxylic acid groups (broad SMARTS) is 1. The number of carbonyl (C=O) groups excluding carboxylic acids is 1. The van der Waals surface area contributed by atoms with Crippen molar-refractivity contribution in [3.05, 3.63) is 64.4 Å². The molecule has 0 aliphatic heterocycles. The smallest absolute Gasteiger partial charge is 0.322 e. The molecule has 2 N–H and O–H groups in total. The van der Waals surface area contributed by atoms with Gasteiger partial charge in [-0.1, -0.05) is 23.7 Å². The molecule has 0 saturated carbocycles. The first-order valence-electron chi connectivity index (χ1n) is 7.82. The first kappa shape index (κ1) is 20.3. The Bertz CT molecular complexity index is 849. The van der Waals surface area contributed by atoms with Crippen molar-refractivity contribution < 1.29 is 28.6 Å². The Hall–Kier alpha value is -3.06. The molecule has 2 aromatic rings. The van der Waals surface area contributed by atoms with Gasteiger partial charge in [0.2, 0.25) is 5.91 Å². The molecule has 0 radical (unpaired) electrons. The van der Waals surface area contributed by atoms with Crippen molar-refractivity contribution in [2.75, 3.05) is 13.7 Å². The number of rotatable bonds is 8. The molecule has 8 heteroatoms. The SMILES string of the molecule is COc1cc(/C=C/C(=O)NCC(=O)O)ccc1OCc1c(F)cccc1Cl. The normalized spacial score (nSPS) is 10.6. The summed E-state index contributed by atoms with van der Waals surface area (Å²) in [5.74, 6) is -1.37. The van der Waals surface area contributed by atoms with Crippen LogP contribution < -0.4 is 14.8 Å². The Morgan fingerprint density at radius 2 is 2.04 bits per heavy atom. The van der Waals surface area contributed by atoms with Crippen molar-refractivity contribution in [2.24, 2.45) is 0 Å². The van der Waals surface area contributed by atoms with Gasteiger partial charge in [0.05, 0.1) is 12.1 Å². The Balaban J connectivity index is 2.07. The highest BCUT2D eigenvalue weighted by molar-refractivity contribution is 6.31. The van der Waals surface area contributed by atoms with Gasteiger partial charge in [-0.05, 0) is 35.9 Å². The van der Waals surface area contributed by atoms with E-state index < -0.39 is 24.2 Å². The molecule has 0 bridgehead atoms. The minimum Gasteiger partial charge on any atom is -0.493 e. The van der Waals surface area contributed by atoms with Crippen LogP contribution in [0, 0.1) is 5.82 Å². The van der Waals surface area contributed by atoms with E-state index in [1.807, 2.05) is 0 Å². The fraction of sp³-hybridized carbons (Fsp3) is 0.158. The molecular formula is C19H17ClFNO5. The van der Waals surface area contributed by atoms with Crippen LogP contribution in [0.4, 0.5) is 4.39 Å². The van der Waals surface area contributed by atoms with E-state index in [1.54, 1.807) is 24.3 Å². The molecule has 0 aliphatic carbocycles. The van der Waals surface area contributed by atoms with Crippen LogP contribution in [0.5, 0.6) is 11.5 Å². The van der Waals surface area contributed by atoms with Gasteiger partial charge in [0, 0.05) is 11.6 Å². The van der Waals surface area contributed by atoms with Gasteiger partial charge in [-0.2, -0.15) is 0 Å². The summed E-state index contributed by atoms with van der Waals surface area (Å²) in [5.41, 5.74) is 0.869. The van der Waals surface area contributed by atoms with Crippen LogP contribution in [0.25, 0.3) is 6.08 Å². The van der Waals surface area contributed by atoms with Crippen LogP contribution >= 0.6 is 11.6 Å². The van der Waals surface area contributed by atoms with Crippen LogP contribution in [0.15, 0.2) is 42.5 Å². The number of hydrogen-bond acceptors (Lipinski definition) is 4. The van der Waals surface area contributed by atoms with Gasteiger partial charge in [0.25, 0.3) is 0 Å². The molecule has 0 aromatic heterocycles. The number of carbonyl (C=O) groups is 2. The maximum Gasteiger partial charge on any atom is 0.322 e. The minimum atomic E-state index is -1.13. The number of carboxylic acids is 1. The summed E-state index contributed by atoms with van der Waals surface area (Å²) in [4.78, 5) is 21.9. The molecule has 2 rings (SSSR count). The van der Waals surface area contributed by atoms with Gasteiger partial charge >= 0.3 is 5.97 Å². The van der Waals surface area contributed by atoms with Gasteiger partial charge in [-0.15, -0.1) is 0 Å². The van der Waals surface area contributed by atoms with Crippen LogP contribution in [0.2, 0.25) is 5.02 Å². The van der Waals surface area contributed by atoms with Gasteiger partial charge in [0.15, 0.2) is 11.5 Å². The fourth-order valence-corrected chi connectivity index (χ4v) is 2.34. The Kier molecular flexibility index (Phi) is 7.19. The standard InChI is InChI=1S/C19H17ClFNO5/c1-26-17-9-12(6-8-18(23)22-10-19(24)25)5-7-16(17)27-11-13-14(20)3-2-4-15(13)21/h2-9H,10-11H2,1H3,(H,22,23)(H,24,25)/b8-6+. The number of halogens is 2. The summed E-state index contributed by atoms with van der Waals surface area (Å²) < 4.78 is 24.7. The number of aliphatic carboxylic acids is 1. The third-order valence-corrected chi connectivity index (χ3v) is 3.82. The molecule has 0 aliphatic rings. The Labute approximate surface area is 160 Å². The molecule has 0 saturated heterocycles. The first-order chi connectivity index (χ1) is 12.9.